The standard InChI is InChI=1S/C25H21N3O3/c1-17(29)26-19-13-15-20(16-14-19)31-24-12-6-9-21-22(24)10-5-11-23(21)28-25(30)27-18-7-3-2-4-8-18/h2-16H,1H3,(H,26,29)(H2,27,28,30). The molecule has 0 saturated heterocycles. The number of carbonyl (C=O) groups excluding carboxylic acids is 2. The Balaban J connectivity index is 1.55. The van der Waals surface area contributed by atoms with Crippen LogP contribution < -0.4 is 20.7 Å². The van der Waals surface area contributed by atoms with Crippen LogP contribution in [0.3, 0.4) is 0 Å². The van der Waals surface area contributed by atoms with Gasteiger partial charge in [-0.25, -0.2) is 4.79 Å². The van der Waals surface area contributed by atoms with Crippen LogP contribution in [0, 0.1) is 0 Å². The molecule has 0 aliphatic carbocycles. The molecule has 4 aromatic carbocycles. The second-order valence-corrected chi connectivity index (χ2v) is 6.91. The molecule has 0 aromatic heterocycles. The summed E-state index contributed by atoms with van der Waals surface area (Å²) in [6.45, 7) is 1.46. The van der Waals surface area contributed by atoms with E-state index >= 15 is 0 Å². The van der Waals surface area contributed by atoms with E-state index in [0.717, 1.165) is 10.8 Å². The first-order chi connectivity index (χ1) is 15.1. The van der Waals surface area contributed by atoms with Gasteiger partial charge in [0.15, 0.2) is 0 Å². The van der Waals surface area contributed by atoms with E-state index in [-0.39, 0.29) is 11.9 Å². The molecule has 0 heterocycles. The molecule has 154 valence electrons. The fourth-order valence-electron chi connectivity index (χ4n) is 3.22. The van der Waals surface area contributed by atoms with E-state index in [1.807, 2.05) is 66.7 Å². The molecule has 4 rings (SSSR count). The van der Waals surface area contributed by atoms with E-state index in [4.69, 9.17) is 4.74 Å². The smallest absolute Gasteiger partial charge is 0.323 e. The molecule has 31 heavy (non-hydrogen) atoms. The van der Waals surface area contributed by atoms with E-state index in [0.29, 0.717) is 28.6 Å². The van der Waals surface area contributed by atoms with E-state index in [9.17, 15) is 9.59 Å². The maximum atomic E-state index is 12.4. The fraction of sp³-hybridized carbons (Fsp3) is 0.0400. The molecule has 0 atom stereocenters. The Morgan fingerprint density at radius 3 is 2.06 bits per heavy atom. The van der Waals surface area contributed by atoms with Crippen molar-refractivity contribution in [1.82, 2.24) is 0 Å². The van der Waals surface area contributed by atoms with Crippen molar-refractivity contribution >= 4 is 39.8 Å². The minimum Gasteiger partial charge on any atom is -0.457 e. The summed E-state index contributed by atoms with van der Waals surface area (Å²) in [6.07, 6.45) is 0. The monoisotopic (exact) mass is 411 g/mol. The maximum Gasteiger partial charge on any atom is 0.323 e. The molecule has 0 fully saturated rings. The maximum absolute atomic E-state index is 12.4. The summed E-state index contributed by atoms with van der Waals surface area (Å²) in [5.74, 6) is 1.18. The van der Waals surface area contributed by atoms with Crippen LogP contribution in [0.15, 0.2) is 91.0 Å². The summed E-state index contributed by atoms with van der Waals surface area (Å²) in [5, 5.41) is 10.2. The third kappa shape index (κ3) is 5.00. The van der Waals surface area contributed by atoms with Crippen LogP contribution in [0.4, 0.5) is 21.9 Å². The van der Waals surface area contributed by atoms with Crippen molar-refractivity contribution in [2.45, 2.75) is 6.92 Å². The Labute approximate surface area is 179 Å². The van der Waals surface area contributed by atoms with Crippen molar-refractivity contribution in [3.8, 4) is 11.5 Å². The molecule has 6 nitrogen and oxygen atoms in total. The average molecular weight is 411 g/mol. The van der Waals surface area contributed by atoms with Crippen LogP contribution in [-0.4, -0.2) is 11.9 Å². The third-order valence-corrected chi connectivity index (χ3v) is 4.56. The highest BCUT2D eigenvalue weighted by Crippen LogP contribution is 2.34. The van der Waals surface area contributed by atoms with Gasteiger partial charge in [0.1, 0.15) is 11.5 Å². The second-order valence-electron chi connectivity index (χ2n) is 6.91. The highest BCUT2D eigenvalue weighted by molar-refractivity contribution is 6.07. The summed E-state index contributed by atoms with van der Waals surface area (Å²) < 4.78 is 6.07. The van der Waals surface area contributed by atoms with Gasteiger partial charge in [-0.05, 0) is 48.5 Å². The number of amides is 3. The van der Waals surface area contributed by atoms with Gasteiger partial charge in [-0.1, -0.05) is 42.5 Å². The van der Waals surface area contributed by atoms with Gasteiger partial charge >= 0.3 is 6.03 Å². The number of fused-ring (bicyclic) bond motifs is 1. The van der Waals surface area contributed by atoms with Crippen molar-refractivity contribution in [2.24, 2.45) is 0 Å². The van der Waals surface area contributed by atoms with E-state index in [2.05, 4.69) is 16.0 Å². The highest BCUT2D eigenvalue weighted by atomic mass is 16.5. The first-order valence-electron chi connectivity index (χ1n) is 9.79. The topological polar surface area (TPSA) is 79.5 Å². The zero-order valence-corrected chi connectivity index (χ0v) is 16.9. The molecule has 4 aromatic rings. The minimum atomic E-state index is -0.321. The summed E-state index contributed by atoms with van der Waals surface area (Å²) in [4.78, 5) is 23.6. The summed E-state index contributed by atoms with van der Waals surface area (Å²) in [5.41, 5.74) is 2.10. The van der Waals surface area contributed by atoms with Gasteiger partial charge in [0.25, 0.3) is 0 Å². The summed E-state index contributed by atoms with van der Waals surface area (Å²) in [7, 11) is 0. The predicted molar refractivity (Wildman–Crippen MR) is 124 cm³/mol. The lowest BCUT2D eigenvalue weighted by Crippen LogP contribution is -2.19. The largest absolute Gasteiger partial charge is 0.457 e. The number of rotatable bonds is 5. The number of hydrogen-bond acceptors (Lipinski definition) is 3. The Morgan fingerprint density at radius 2 is 1.32 bits per heavy atom. The lowest BCUT2D eigenvalue weighted by atomic mass is 10.1. The lowest BCUT2D eigenvalue weighted by Gasteiger charge is -2.13. The van der Waals surface area contributed by atoms with Crippen LogP contribution >= 0.6 is 0 Å². The van der Waals surface area contributed by atoms with Gasteiger partial charge in [0.05, 0.1) is 5.69 Å². The van der Waals surface area contributed by atoms with Crippen molar-refractivity contribution in [3.05, 3.63) is 91.0 Å². The lowest BCUT2D eigenvalue weighted by molar-refractivity contribution is -0.114. The summed E-state index contributed by atoms with van der Waals surface area (Å²) in [6, 6.07) is 27.4. The van der Waals surface area contributed by atoms with Crippen molar-refractivity contribution < 1.29 is 14.3 Å². The zero-order chi connectivity index (χ0) is 21.6. The first kappa shape index (κ1) is 20.0. The van der Waals surface area contributed by atoms with Gasteiger partial charge in [-0.15, -0.1) is 0 Å². The van der Waals surface area contributed by atoms with Crippen LogP contribution in [0.5, 0.6) is 11.5 Å². The highest BCUT2D eigenvalue weighted by Gasteiger charge is 2.10. The number of nitrogens with one attached hydrogen (secondary N) is 3. The molecule has 0 aliphatic rings. The summed E-state index contributed by atoms with van der Waals surface area (Å²) >= 11 is 0. The number of carbonyl (C=O) groups is 2. The van der Waals surface area contributed by atoms with E-state index < -0.39 is 0 Å². The number of urea groups is 1. The van der Waals surface area contributed by atoms with Gasteiger partial charge in [0.2, 0.25) is 5.91 Å². The molecule has 0 saturated carbocycles. The van der Waals surface area contributed by atoms with Gasteiger partial charge in [-0.3, -0.25) is 4.79 Å². The zero-order valence-electron chi connectivity index (χ0n) is 16.9. The molecule has 0 radical (unpaired) electrons. The van der Waals surface area contributed by atoms with Crippen LogP contribution in [-0.2, 0) is 4.79 Å². The number of anilines is 3. The SMILES string of the molecule is CC(=O)Nc1ccc(Oc2cccc3c(NC(=O)Nc4ccccc4)cccc23)cc1. The van der Waals surface area contributed by atoms with Crippen molar-refractivity contribution in [1.29, 1.82) is 0 Å². The fourth-order valence-corrected chi connectivity index (χ4v) is 3.22. The second kappa shape index (κ2) is 9.00. The molecule has 0 bridgehead atoms. The molecule has 0 unspecified atom stereocenters. The van der Waals surface area contributed by atoms with Crippen LogP contribution in [0.1, 0.15) is 6.92 Å². The average Bonchev–Trinajstić information content (AvgIpc) is 2.76. The van der Waals surface area contributed by atoms with Gasteiger partial charge in [0, 0.05) is 29.1 Å². The predicted octanol–water partition coefficient (Wildman–Crippen LogP) is 6.23. The minimum absolute atomic E-state index is 0.126. The molecule has 0 aliphatic heterocycles. The molecular formula is C25H21N3O3. The van der Waals surface area contributed by atoms with E-state index in [1.165, 1.54) is 6.92 Å². The van der Waals surface area contributed by atoms with Crippen LogP contribution in [0.25, 0.3) is 10.8 Å². The molecule has 0 spiro atoms. The quantitative estimate of drug-likeness (QED) is 0.364. The Bertz CT molecular complexity index is 1220. The number of hydrogen-bond donors (Lipinski definition) is 3. The Hall–Kier alpha value is -4.32. The third-order valence-electron chi connectivity index (χ3n) is 4.56. The number of ether oxygens (including phenoxy) is 1. The first-order valence-corrected chi connectivity index (χ1v) is 9.79. The van der Waals surface area contributed by atoms with Crippen LogP contribution in [0.2, 0.25) is 0 Å². The number of para-hydroxylation sites is 1. The molecular weight excluding hydrogens is 390 g/mol. The number of benzene rings is 4. The molecule has 3 amide bonds. The molecule has 6 heteroatoms. The van der Waals surface area contributed by atoms with Gasteiger partial charge in [-0.2, -0.15) is 0 Å². The van der Waals surface area contributed by atoms with Gasteiger partial charge < -0.3 is 20.7 Å². The Kier molecular flexibility index (Phi) is 5.80. The molecule has 3 N–H and O–H groups in total. The Morgan fingerprint density at radius 1 is 0.645 bits per heavy atom. The normalized spacial score (nSPS) is 10.4. The van der Waals surface area contributed by atoms with Crippen molar-refractivity contribution in [2.75, 3.05) is 16.0 Å². The van der Waals surface area contributed by atoms with E-state index in [1.54, 1.807) is 24.3 Å². The van der Waals surface area contributed by atoms with Crippen molar-refractivity contribution in [3.63, 3.8) is 0 Å².